The van der Waals surface area contributed by atoms with Crippen molar-refractivity contribution in [3.8, 4) is 11.4 Å². The largest absolute Gasteiger partial charge is 0.379 e. The molecule has 0 spiro atoms. The number of benzene rings is 2. The molecule has 40 heavy (non-hydrogen) atoms. The average Bonchev–Trinajstić information content (AvgIpc) is 3.00. The topological polar surface area (TPSA) is 83.1 Å². The van der Waals surface area contributed by atoms with Crippen molar-refractivity contribution in [2.75, 3.05) is 90.2 Å². The number of ether oxygens (including phenoxy) is 2. The minimum Gasteiger partial charge on any atom is -0.379 e. The van der Waals surface area contributed by atoms with Crippen molar-refractivity contribution in [3.05, 3.63) is 54.3 Å². The number of carbonyl (C=O) groups is 1. The van der Waals surface area contributed by atoms with Gasteiger partial charge in [0, 0.05) is 76.3 Å². The lowest BCUT2D eigenvalue weighted by atomic mass is 10.1. The monoisotopic (exact) mass is 550 g/mol. The Morgan fingerprint density at radius 3 is 2.27 bits per heavy atom. The van der Waals surface area contributed by atoms with Gasteiger partial charge in [-0.05, 0) is 42.8 Å². The Labute approximate surface area is 235 Å². The molecule has 0 unspecified atom stereocenters. The van der Waals surface area contributed by atoms with E-state index in [1.807, 2.05) is 24.3 Å². The number of nitrogens with zero attached hydrogens (tertiary/aromatic N) is 5. The zero-order valence-corrected chi connectivity index (χ0v) is 23.1. The number of hydrogen-bond acceptors (Lipinski definition) is 8. The van der Waals surface area contributed by atoms with E-state index in [2.05, 4.69) is 20.0 Å². The summed E-state index contributed by atoms with van der Waals surface area (Å²) >= 11 is 0. The molecule has 3 aromatic rings. The van der Waals surface area contributed by atoms with Gasteiger partial charge < -0.3 is 19.7 Å². The molecular weight excluding hydrogens is 511 g/mol. The first-order chi connectivity index (χ1) is 19.7. The normalized spacial score (nSPS) is 16.7. The molecule has 2 fully saturated rings. The van der Waals surface area contributed by atoms with Crippen molar-refractivity contribution in [3.63, 3.8) is 0 Å². The van der Waals surface area contributed by atoms with Crippen LogP contribution < -0.4 is 10.2 Å². The van der Waals surface area contributed by atoms with Gasteiger partial charge >= 0.3 is 0 Å². The highest BCUT2D eigenvalue weighted by Crippen LogP contribution is 2.28. The van der Waals surface area contributed by atoms with Crippen molar-refractivity contribution in [2.24, 2.45) is 0 Å². The van der Waals surface area contributed by atoms with Gasteiger partial charge in [-0.25, -0.2) is 14.4 Å². The summed E-state index contributed by atoms with van der Waals surface area (Å²) in [5.41, 5.74) is 1.57. The van der Waals surface area contributed by atoms with E-state index in [1.54, 1.807) is 12.1 Å². The molecular formula is C30H39FN6O3. The molecule has 1 aromatic heterocycles. The Hall–Kier alpha value is -3.18. The minimum absolute atomic E-state index is 0.0311. The fraction of sp³-hybridized carbons (Fsp3) is 0.500. The van der Waals surface area contributed by atoms with E-state index in [1.165, 1.54) is 12.1 Å². The fourth-order valence-corrected chi connectivity index (χ4v) is 5.17. The third-order valence-corrected chi connectivity index (χ3v) is 7.45. The summed E-state index contributed by atoms with van der Waals surface area (Å²) in [5.74, 6) is 1.08. The van der Waals surface area contributed by atoms with Gasteiger partial charge in [0.25, 0.3) is 0 Å². The van der Waals surface area contributed by atoms with Crippen LogP contribution in [0.25, 0.3) is 22.3 Å². The zero-order chi connectivity index (χ0) is 27.6. The Morgan fingerprint density at radius 2 is 1.55 bits per heavy atom. The quantitative estimate of drug-likeness (QED) is 0.369. The molecule has 0 atom stereocenters. The van der Waals surface area contributed by atoms with Crippen molar-refractivity contribution in [1.82, 2.24) is 25.1 Å². The van der Waals surface area contributed by atoms with Crippen molar-refractivity contribution in [1.29, 1.82) is 0 Å². The average molecular weight is 551 g/mol. The molecule has 0 saturated carbocycles. The van der Waals surface area contributed by atoms with Gasteiger partial charge in [-0.2, -0.15) is 0 Å². The van der Waals surface area contributed by atoms with Crippen molar-refractivity contribution < 1.29 is 18.7 Å². The molecule has 1 amide bonds. The first-order valence-electron chi connectivity index (χ1n) is 14.3. The summed E-state index contributed by atoms with van der Waals surface area (Å²) in [7, 11) is 0. The predicted octanol–water partition coefficient (Wildman–Crippen LogP) is 2.80. The van der Waals surface area contributed by atoms with E-state index in [9.17, 15) is 9.18 Å². The maximum atomic E-state index is 13.6. The smallest absolute Gasteiger partial charge is 0.221 e. The lowest BCUT2D eigenvalue weighted by molar-refractivity contribution is -0.121. The highest BCUT2D eigenvalue weighted by Gasteiger charge is 2.18. The molecule has 10 heteroatoms. The van der Waals surface area contributed by atoms with Gasteiger partial charge in [0.15, 0.2) is 5.82 Å². The highest BCUT2D eigenvalue weighted by atomic mass is 19.1. The molecule has 0 bridgehead atoms. The van der Waals surface area contributed by atoms with Crippen LogP contribution >= 0.6 is 0 Å². The fourth-order valence-electron chi connectivity index (χ4n) is 5.17. The number of nitrogens with one attached hydrogen (secondary N) is 1. The van der Waals surface area contributed by atoms with E-state index in [0.717, 1.165) is 101 Å². The van der Waals surface area contributed by atoms with Crippen LogP contribution in [0.5, 0.6) is 0 Å². The summed E-state index contributed by atoms with van der Waals surface area (Å²) in [5, 5.41) is 4.02. The zero-order valence-electron chi connectivity index (χ0n) is 23.1. The third-order valence-electron chi connectivity index (χ3n) is 7.45. The van der Waals surface area contributed by atoms with Crippen LogP contribution in [0.1, 0.15) is 12.8 Å². The Balaban J connectivity index is 1.31. The van der Waals surface area contributed by atoms with Gasteiger partial charge in [0.2, 0.25) is 5.91 Å². The molecule has 2 aliphatic heterocycles. The summed E-state index contributed by atoms with van der Waals surface area (Å²) in [4.78, 5) is 29.5. The molecule has 2 aromatic carbocycles. The predicted molar refractivity (Wildman–Crippen MR) is 154 cm³/mol. The van der Waals surface area contributed by atoms with Gasteiger partial charge in [0.05, 0.1) is 31.9 Å². The number of morpholine rings is 2. The van der Waals surface area contributed by atoms with Crippen LogP contribution in [0.3, 0.4) is 0 Å². The molecule has 9 nitrogen and oxygen atoms in total. The van der Waals surface area contributed by atoms with E-state index >= 15 is 0 Å². The Bertz CT molecular complexity index is 1230. The van der Waals surface area contributed by atoms with Crippen LogP contribution in [-0.4, -0.2) is 111 Å². The second-order valence-electron chi connectivity index (χ2n) is 10.2. The Kier molecular flexibility index (Phi) is 10.2. The molecule has 0 aliphatic carbocycles. The summed E-state index contributed by atoms with van der Waals surface area (Å²) in [6, 6.07) is 14.2. The van der Waals surface area contributed by atoms with Crippen LogP contribution in [0.4, 0.5) is 10.2 Å². The number of amides is 1. The van der Waals surface area contributed by atoms with Crippen molar-refractivity contribution >= 4 is 22.6 Å². The lowest BCUT2D eigenvalue weighted by Gasteiger charge is -2.29. The molecule has 2 saturated heterocycles. The number of rotatable bonds is 12. The van der Waals surface area contributed by atoms with E-state index in [4.69, 9.17) is 19.4 Å². The van der Waals surface area contributed by atoms with E-state index in [0.29, 0.717) is 25.3 Å². The maximum absolute atomic E-state index is 13.6. The number of fused-ring (bicyclic) bond motifs is 1. The minimum atomic E-state index is -0.297. The molecule has 2 aliphatic rings. The standard InChI is InChI=1S/C30H39FN6O3/c31-25-8-6-24(7-9-25)29-33-27-5-2-1-4-26(27)30(34-29)37(13-3-12-35-16-20-39-21-17-35)14-10-28(38)32-11-15-36-18-22-40-23-19-36/h1-2,4-9H,3,10-23H2,(H,32,38). The van der Waals surface area contributed by atoms with Crippen molar-refractivity contribution in [2.45, 2.75) is 12.8 Å². The van der Waals surface area contributed by atoms with Crippen LogP contribution in [-0.2, 0) is 14.3 Å². The van der Waals surface area contributed by atoms with Crippen LogP contribution in [0, 0.1) is 5.82 Å². The molecule has 0 radical (unpaired) electrons. The number of aromatic nitrogens is 2. The number of carbonyl (C=O) groups excluding carboxylic acids is 1. The Morgan fingerprint density at radius 1 is 0.875 bits per heavy atom. The number of para-hydroxylation sites is 1. The third kappa shape index (κ3) is 7.94. The number of halogens is 1. The van der Waals surface area contributed by atoms with Gasteiger partial charge in [0.1, 0.15) is 11.6 Å². The van der Waals surface area contributed by atoms with Crippen LogP contribution in [0.2, 0.25) is 0 Å². The first-order valence-corrected chi connectivity index (χ1v) is 14.3. The van der Waals surface area contributed by atoms with E-state index < -0.39 is 0 Å². The first kappa shape index (κ1) is 28.4. The molecule has 5 rings (SSSR count). The molecule has 214 valence electrons. The lowest BCUT2D eigenvalue weighted by Crippen LogP contribution is -2.42. The molecule has 1 N–H and O–H groups in total. The van der Waals surface area contributed by atoms with Gasteiger partial charge in [-0.3, -0.25) is 14.6 Å². The maximum Gasteiger partial charge on any atom is 0.221 e. The summed E-state index contributed by atoms with van der Waals surface area (Å²) in [6.07, 6.45) is 1.30. The summed E-state index contributed by atoms with van der Waals surface area (Å²) in [6.45, 7) is 10.4. The van der Waals surface area contributed by atoms with E-state index in [-0.39, 0.29) is 11.7 Å². The van der Waals surface area contributed by atoms with Gasteiger partial charge in [-0.1, -0.05) is 12.1 Å². The molecule has 3 heterocycles. The second kappa shape index (κ2) is 14.5. The van der Waals surface area contributed by atoms with Gasteiger partial charge in [-0.15, -0.1) is 0 Å². The number of anilines is 1. The highest BCUT2D eigenvalue weighted by molar-refractivity contribution is 5.91. The van der Waals surface area contributed by atoms with Crippen LogP contribution in [0.15, 0.2) is 48.5 Å². The SMILES string of the molecule is O=C(CCN(CCCN1CCOCC1)c1nc(-c2ccc(F)cc2)nc2ccccc12)NCCN1CCOCC1. The number of hydrogen-bond donors (Lipinski definition) is 1. The second-order valence-corrected chi connectivity index (χ2v) is 10.2. The summed E-state index contributed by atoms with van der Waals surface area (Å²) < 4.78 is 24.5.